The molecule has 0 aromatic carbocycles. The van der Waals surface area contributed by atoms with Crippen molar-refractivity contribution in [2.24, 2.45) is 0 Å². The van der Waals surface area contributed by atoms with E-state index in [1.165, 1.54) is 116 Å². The molecule has 3 atom stereocenters. The normalized spacial score (nSPS) is 13.8. The van der Waals surface area contributed by atoms with Crippen LogP contribution in [0.1, 0.15) is 245 Å². The summed E-state index contributed by atoms with van der Waals surface area (Å²) in [5, 5.41) is 23.7. The summed E-state index contributed by atoms with van der Waals surface area (Å²) in [7, 11) is 0. The third-order valence-corrected chi connectivity index (χ3v) is 11.4. The largest absolute Gasteiger partial charge is 0.462 e. The Balaban J connectivity index is 4.59. The molecule has 0 bridgehead atoms. The molecule has 0 aromatic rings. The van der Waals surface area contributed by atoms with Crippen molar-refractivity contribution in [2.45, 2.75) is 264 Å². The summed E-state index contributed by atoms with van der Waals surface area (Å²) >= 11 is 0. The van der Waals surface area contributed by atoms with Crippen molar-refractivity contribution in [1.82, 2.24) is 5.32 Å². The van der Waals surface area contributed by atoms with Gasteiger partial charge in [0, 0.05) is 6.42 Å². The zero-order valence-electron chi connectivity index (χ0n) is 39.6. The van der Waals surface area contributed by atoms with Gasteiger partial charge in [0.15, 0.2) is 0 Å². The quantitative estimate of drug-likeness (QED) is 0.0322. The van der Waals surface area contributed by atoms with Gasteiger partial charge in [0.2, 0.25) is 5.91 Å². The molecule has 3 N–H and O–H groups in total. The van der Waals surface area contributed by atoms with Crippen molar-refractivity contribution in [3.8, 4) is 0 Å². The Morgan fingerprint density at radius 3 is 1.30 bits per heavy atom. The minimum atomic E-state index is -0.796. The van der Waals surface area contributed by atoms with Crippen LogP contribution in [0.15, 0.2) is 60.8 Å². The minimum Gasteiger partial charge on any atom is -0.462 e. The number of hydrogen-bond acceptors (Lipinski definition) is 5. The molecule has 0 rings (SSSR count). The molecular formula is C54H97NO5. The van der Waals surface area contributed by atoms with Crippen molar-refractivity contribution in [3.63, 3.8) is 0 Å². The molecule has 0 fully saturated rings. The van der Waals surface area contributed by atoms with Crippen LogP contribution in [0.3, 0.4) is 0 Å². The average Bonchev–Trinajstić information content (AvgIpc) is 3.24. The lowest BCUT2D eigenvalue weighted by Gasteiger charge is -2.24. The van der Waals surface area contributed by atoms with Gasteiger partial charge in [-0.25, -0.2) is 0 Å². The van der Waals surface area contributed by atoms with Gasteiger partial charge in [-0.05, 0) is 64.2 Å². The first-order valence-electron chi connectivity index (χ1n) is 25.5. The van der Waals surface area contributed by atoms with E-state index in [0.717, 1.165) is 77.0 Å². The highest BCUT2D eigenvalue weighted by Crippen LogP contribution is 2.18. The summed E-state index contributed by atoms with van der Waals surface area (Å²) in [6, 6.07) is -0.711. The molecule has 0 spiro atoms. The zero-order valence-corrected chi connectivity index (χ0v) is 39.6. The number of allylic oxidation sites excluding steroid dienone is 10. The average molecular weight is 840 g/mol. The molecule has 0 radical (unpaired) electrons. The number of rotatable bonds is 45. The monoisotopic (exact) mass is 840 g/mol. The van der Waals surface area contributed by atoms with Crippen LogP contribution in [-0.2, 0) is 14.3 Å². The molecule has 0 aliphatic carbocycles. The molecule has 60 heavy (non-hydrogen) atoms. The summed E-state index contributed by atoms with van der Waals surface area (Å²) in [6.45, 7) is 6.35. The lowest BCUT2D eigenvalue weighted by Crippen LogP contribution is -2.46. The van der Waals surface area contributed by atoms with E-state index in [9.17, 15) is 19.8 Å². The molecule has 0 saturated heterocycles. The van der Waals surface area contributed by atoms with Gasteiger partial charge in [-0.2, -0.15) is 0 Å². The smallest absolute Gasteiger partial charge is 0.306 e. The number of ether oxygens (including phenoxy) is 1. The molecule has 6 heteroatoms. The van der Waals surface area contributed by atoms with Crippen LogP contribution in [0.4, 0.5) is 0 Å². The SMILES string of the molecule is CC/C=C\C/C=C\C/C=C\C/C=C\C/C=C\CCCC(=O)OC(CCCCCCCCCCCC)CC(=O)NC(CO)C(O)CCCCCCCCCCCCCCCC. The molecule has 0 saturated carbocycles. The number of nitrogens with one attached hydrogen (secondary N) is 1. The number of aliphatic hydroxyl groups is 2. The van der Waals surface area contributed by atoms with Gasteiger partial charge in [-0.1, -0.05) is 229 Å². The fraction of sp³-hybridized carbons (Fsp3) is 0.778. The van der Waals surface area contributed by atoms with E-state index >= 15 is 0 Å². The third-order valence-electron chi connectivity index (χ3n) is 11.4. The van der Waals surface area contributed by atoms with Crippen LogP contribution in [0.2, 0.25) is 0 Å². The van der Waals surface area contributed by atoms with Crippen LogP contribution in [0, 0.1) is 0 Å². The number of carbonyl (C=O) groups excluding carboxylic acids is 2. The lowest BCUT2D eigenvalue weighted by molar-refractivity contribution is -0.151. The van der Waals surface area contributed by atoms with Crippen molar-refractivity contribution in [3.05, 3.63) is 60.8 Å². The third kappa shape index (κ3) is 42.3. The number of aliphatic hydroxyl groups excluding tert-OH is 2. The van der Waals surface area contributed by atoms with Gasteiger partial charge in [0.1, 0.15) is 6.10 Å². The Labute approximate surface area is 371 Å². The van der Waals surface area contributed by atoms with Crippen molar-refractivity contribution >= 4 is 11.9 Å². The first kappa shape index (κ1) is 57.6. The summed E-state index contributed by atoms with van der Waals surface area (Å²) in [4.78, 5) is 26.1. The molecule has 6 nitrogen and oxygen atoms in total. The van der Waals surface area contributed by atoms with Crippen molar-refractivity contribution in [1.29, 1.82) is 0 Å². The first-order valence-corrected chi connectivity index (χ1v) is 25.5. The van der Waals surface area contributed by atoms with Gasteiger partial charge in [-0.15, -0.1) is 0 Å². The molecular weight excluding hydrogens is 743 g/mol. The molecule has 348 valence electrons. The molecule has 0 aliphatic rings. The number of hydrogen-bond donors (Lipinski definition) is 3. The number of esters is 1. The minimum absolute atomic E-state index is 0.0556. The maximum absolute atomic E-state index is 13.2. The van der Waals surface area contributed by atoms with Gasteiger partial charge < -0.3 is 20.3 Å². The van der Waals surface area contributed by atoms with Gasteiger partial charge in [0.05, 0.1) is 25.2 Å². The predicted molar refractivity (Wildman–Crippen MR) is 259 cm³/mol. The van der Waals surface area contributed by atoms with Crippen molar-refractivity contribution in [2.75, 3.05) is 6.61 Å². The van der Waals surface area contributed by atoms with Gasteiger partial charge in [-0.3, -0.25) is 9.59 Å². The van der Waals surface area contributed by atoms with E-state index in [0.29, 0.717) is 25.7 Å². The van der Waals surface area contributed by atoms with Crippen LogP contribution < -0.4 is 5.32 Å². The van der Waals surface area contributed by atoms with Crippen LogP contribution in [0.5, 0.6) is 0 Å². The Morgan fingerprint density at radius 2 is 0.883 bits per heavy atom. The number of carbonyl (C=O) groups is 2. The second-order valence-corrected chi connectivity index (χ2v) is 17.2. The Kier molecular flexibility index (Phi) is 45.7. The molecule has 0 aliphatic heterocycles. The second-order valence-electron chi connectivity index (χ2n) is 17.2. The molecule has 0 aromatic heterocycles. The van der Waals surface area contributed by atoms with E-state index in [4.69, 9.17) is 4.74 Å². The molecule has 0 heterocycles. The van der Waals surface area contributed by atoms with E-state index in [2.05, 4.69) is 86.8 Å². The summed E-state index contributed by atoms with van der Waals surface area (Å²) in [6.07, 6.45) is 58.5. The van der Waals surface area contributed by atoms with E-state index in [1.807, 2.05) is 0 Å². The standard InChI is InChI=1S/C54H97NO5/c1-4-7-10-13-16-19-22-24-26-27-28-30-32-35-38-41-44-47-54(59)60-50(45-42-39-36-33-21-18-15-12-9-6-3)48-53(58)55-51(49-56)52(57)46-43-40-37-34-31-29-25-23-20-17-14-11-8-5-2/h7,10,16,19,24,26,28,30,35,38,50-52,56-57H,4-6,8-9,11-15,17-18,20-23,25,27,29,31-34,36-37,39-49H2,1-3H3,(H,55,58)/b10-7-,19-16-,26-24-,30-28-,38-35-. The maximum Gasteiger partial charge on any atom is 0.306 e. The Morgan fingerprint density at radius 1 is 0.500 bits per heavy atom. The molecule has 1 amide bonds. The summed E-state index contributed by atoms with van der Waals surface area (Å²) in [5.74, 6) is -0.540. The summed E-state index contributed by atoms with van der Waals surface area (Å²) < 4.78 is 5.89. The predicted octanol–water partition coefficient (Wildman–Crippen LogP) is 15.2. The number of unbranched alkanes of at least 4 members (excludes halogenated alkanes) is 23. The fourth-order valence-electron chi connectivity index (χ4n) is 7.52. The van der Waals surface area contributed by atoms with E-state index in [-0.39, 0.29) is 24.9 Å². The first-order chi connectivity index (χ1) is 29.5. The topological polar surface area (TPSA) is 95.9 Å². The van der Waals surface area contributed by atoms with Crippen LogP contribution in [0.25, 0.3) is 0 Å². The highest BCUT2D eigenvalue weighted by atomic mass is 16.5. The maximum atomic E-state index is 13.2. The Bertz CT molecular complexity index is 1080. The highest BCUT2D eigenvalue weighted by molar-refractivity contribution is 5.77. The van der Waals surface area contributed by atoms with E-state index in [1.54, 1.807) is 0 Å². The second kappa shape index (κ2) is 47.6. The highest BCUT2D eigenvalue weighted by Gasteiger charge is 2.24. The van der Waals surface area contributed by atoms with Crippen molar-refractivity contribution < 1.29 is 24.5 Å². The van der Waals surface area contributed by atoms with E-state index < -0.39 is 18.2 Å². The zero-order chi connectivity index (χ0) is 43.8. The molecule has 3 unspecified atom stereocenters. The Hall–Kier alpha value is -2.44. The number of amides is 1. The summed E-state index contributed by atoms with van der Waals surface area (Å²) in [5.41, 5.74) is 0. The van der Waals surface area contributed by atoms with Gasteiger partial charge in [0.25, 0.3) is 0 Å². The van der Waals surface area contributed by atoms with Crippen LogP contribution in [-0.4, -0.2) is 46.9 Å². The fourth-order valence-corrected chi connectivity index (χ4v) is 7.52. The van der Waals surface area contributed by atoms with Gasteiger partial charge >= 0.3 is 5.97 Å². The van der Waals surface area contributed by atoms with Crippen LogP contribution >= 0.6 is 0 Å². The lowest BCUT2D eigenvalue weighted by atomic mass is 10.0.